The van der Waals surface area contributed by atoms with Crippen molar-refractivity contribution in [3.8, 4) is 6.07 Å². The molecule has 4 rings (SSSR count). The van der Waals surface area contributed by atoms with E-state index >= 15 is 0 Å². The van der Waals surface area contributed by atoms with Crippen LogP contribution in [0.15, 0.2) is 35.3 Å². The molecule has 2 aliphatic rings. The van der Waals surface area contributed by atoms with E-state index in [0.717, 1.165) is 23.3 Å². The molecule has 2 atom stereocenters. The maximum Gasteiger partial charge on any atom is 0.178 e. The lowest BCUT2D eigenvalue weighted by Gasteiger charge is -2.40. The molecule has 1 saturated carbocycles. The highest BCUT2D eigenvalue weighted by Crippen LogP contribution is 2.49. The number of carbonyl (C=O) groups excluding carboxylic acids is 1. The van der Waals surface area contributed by atoms with Crippen LogP contribution in [0.3, 0.4) is 0 Å². The van der Waals surface area contributed by atoms with Crippen molar-refractivity contribution in [3.05, 3.63) is 47.2 Å². The second-order valence-corrected chi connectivity index (χ2v) is 7.40. The van der Waals surface area contributed by atoms with Crippen molar-refractivity contribution < 1.29 is 4.79 Å². The topological polar surface area (TPSA) is 81.9 Å². The highest BCUT2D eigenvalue weighted by atomic mass is 16.1. The fourth-order valence-electron chi connectivity index (χ4n) is 4.05. The summed E-state index contributed by atoms with van der Waals surface area (Å²) in [4.78, 5) is 17.6. The predicted octanol–water partition coefficient (Wildman–Crippen LogP) is 3.50. The lowest BCUT2D eigenvalue weighted by Crippen LogP contribution is -2.42. The highest BCUT2D eigenvalue weighted by Gasteiger charge is 2.47. The molecule has 0 bridgehead atoms. The van der Waals surface area contributed by atoms with Crippen molar-refractivity contribution in [1.29, 1.82) is 5.26 Å². The van der Waals surface area contributed by atoms with E-state index < -0.39 is 0 Å². The van der Waals surface area contributed by atoms with E-state index in [1.54, 1.807) is 0 Å². The lowest BCUT2D eigenvalue weighted by molar-refractivity contribution is -0.124. The monoisotopic (exact) mass is 318 g/mol. The van der Waals surface area contributed by atoms with E-state index in [4.69, 9.17) is 0 Å². The molecule has 1 aromatic carbocycles. The molecule has 2 unspecified atom stereocenters. The molecule has 1 N–H and O–H groups in total. The van der Waals surface area contributed by atoms with E-state index in [2.05, 4.69) is 35.1 Å². The average Bonchev–Trinajstić information content (AvgIpc) is 2.95. The summed E-state index contributed by atoms with van der Waals surface area (Å²) in [6, 6.07) is 12.1. The first kappa shape index (κ1) is 14.8. The van der Waals surface area contributed by atoms with Gasteiger partial charge < -0.3 is 0 Å². The number of ketones is 1. The number of hydrogen-bond acceptors (Lipinski definition) is 4. The molecule has 1 aliphatic carbocycles. The summed E-state index contributed by atoms with van der Waals surface area (Å²) in [7, 11) is 0. The fourth-order valence-corrected chi connectivity index (χ4v) is 4.05. The number of aromatic amines is 1. The molecule has 5 nitrogen and oxygen atoms in total. The molecule has 2 heterocycles. The lowest BCUT2D eigenvalue weighted by atomic mass is 9.64. The van der Waals surface area contributed by atoms with Crippen molar-refractivity contribution >= 4 is 17.3 Å². The minimum Gasteiger partial charge on any atom is -0.299 e. The van der Waals surface area contributed by atoms with Gasteiger partial charge in [0.2, 0.25) is 0 Å². The van der Waals surface area contributed by atoms with Crippen LogP contribution in [0, 0.1) is 22.7 Å². The number of nitrogens with zero attached hydrogens (tertiary/aromatic N) is 3. The van der Waals surface area contributed by atoms with Crippen LogP contribution in [0.2, 0.25) is 0 Å². The summed E-state index contributed by atoms with van der Waals surface area (Å²) in [5, 5.41) is 16.4. The van der Waals surface area contributed by atoms with Gasteiger partial charge in [-0.1, -0.05) is 44.2 Å². The summed E-state index contributed by atoms with van der Waals surface area (Å²) < 4.78 is 0. The molecule has 5 heteroatoms. The van der Waals surface area contributed by atoms with E-state index in [0.29, 0.717) is 17.9 Å². The van der Waals surface area contributed by atoms with Gasteiger partial charge >= 0.3 is 0 Å². The number of aliphatic imine (C=N–C) groups is 1. The Morgan fingerprint density at radius 2 is 1.96 bits per heavy atom. The van der Waals surface area contributed by atoms with E-state index in [1.807, 2.05) is 30.3 Å². The number of nitriles is 1. The third kappa shape index (κ3) is 2.18. The average molecular weight is 318 g/mol. The molecule has 0 saturated heterocycles. The van der Waals surface area contributed by atoms with Gasteiger partial charge in [0, 0.05) is 23.6 Å². The molecule has 0 radical (unpaired) electrons. The van der Waals surface area contributed by atoms with Crippen LogP contribution in [0.4, 0.5) is 5.82 Å². The minimum absolute atomic E-state index is 0.0838. The van der Waals surface area contributed by atoms with Crippen LogP contribution < -0.4 is 0 Å². The van der Waals surface area contributed by atoms with Crippen molar-refractivity contribution in [2.75, 3.05) is 0 Å². The standard InChI is InChI=1S/C19H18N4O/c1-19(2)8-12-16(14(24)9-19)15(11-6-4-3-5-7-11)17-13(10-20)22-23-18(17)21-12/h3-7,15-16H,8-9H2,1-2H3,(H,22,23). The van der Waals surface area contributed by atoms with Gasteiger partial charge in [-0.15, -0.1) is 0 Å². The summed E-state index contributed by atoms with van der Waals surface area (Å²) in [6.07, 6.45) is 1.32. The Balaban J connectivity index is 1.95. The van der Waals surface area contributed by atoms with Crippen molar-refractivity contribution in [2.24, 2.45) is 16.3 Å². The van der Waals surface area contributed by atoms with Crippen LogP contribution in [0.5, 0.6) is 0 Å². The molecule has 1 aliphatic heterocycles. The van der Waals surface area contributed by atoms with Gasteiger partial charge in [0.15, 0.2) is 5.82 Å². The molecule has 120 valence electrons. The number of carbonyl (C=O) groups is 1. The molecule has 0 spiro atoms. The number of H-pyrrole nitrogens is 1. The molecule has 24 heavy (non-hydrogen) atoms. The number of hydrogen-bond donors (Lipinski definition) is 1. The molecule has 0 amide bonds. The first-order valence-electron chi connectivity index (χ1n) is 8.14. The van der Waals surface area contributed by atoms with Crippen molar-refractivity contribution in [2.45, 2.75) is 32.6 Å². The summed E-state index contributed by atoms with van der Waals surface area (Å²) in [5.74, 6) is 0.273. The fraction of sp³-hybridized carbons (Fsp3) is 0.368. The molecule has 2 aromatic rings. The zero-order valence-corrected chi connectivity index (χ0v) is 13.7. The Bertz CT molecular complexity index is 886. The first-order chi connectivity index (χ1) is 11.5. The summed E-state index contributed by atoms with van der Waals surface area (Å²) >= 11 is 0. The van der Waals surface area contributed by atoms with Crippen LogP contribution in [-0.4, -0.2) is 21.7 Å². The van der Waals surface area contributed by atoms with E-state index in [9.17, 15) is 10.1 Å². The Labute approximate surface area is 140 Å². The maximum absolute atomic E-state index is 13.0. The molecule has 1 aromatic heterocycles. The summed E-state index contributed by atoms with van der Waals surface area (Å²) in [5.41, 5.74) is 3.00. The minimum atomic E-state index is -0.294. The second-order valence-electron chi connectivity index (χ2n) is 7.40. The number of rotatable bonds is 1. The zero-order valence-electron chi connectivity index (χ0n) is 13.7. The smallest absolute Gasteiger partial charge is 0.178 e. The van der Waals surface area contributed by atoms with Gasteiger partial charge in [-0.3, -0.25) is 9.89 Å². The van der Waals surface area contributed by atoms with Crippen LogP contribution in [0.25, 0.3) is 0 Å². The molecular weight excluding hydrogens is 300 g/mol. The van der Waals surface area contributed by atoms with Crippen molar-refractivity contribution in [3.63, 3.8) is 0 Å². The number of aromatic nitrogens is 2. The van der Waals surface area contributed by atoms with Gasteiger partial charge in [-0.05, 0) is 17.4 Å². The number of benzene rings is 1. The Morgan fingerprint density at radius 1 is 1.21 bits per heavy atom. The third-order valence-corrected chi connectivity index (χ3v) is 4.97. The number of nitrogens with one attached hydrogen (secondary N) is 1. The summed E-state index contributed by atoms with van der Waals surface area (Å²) in [6.45, 7) is 4.20. The van der Waals surface area contributed by atoms with Gasteiger partial charge in [0.25, 0.3) is 0 Å². The Hall–Kier alpha value is -2.74. The van der Waals surface area contributed by atoms with Crippen LogP contribution in [-0.2, 0) is 4.79 Å². The van der Waals surface area contributed by atoms with Gasteiger partial charge in [-0.2, -0.15) is 10.4 Å². The number of fused-ring (bicyclic) bond motifs is 2. The number of Topliss-reactive ketones (excluding diaryl/α,β-unsaturated/α-hetero) is 1. The normalized spacial score (nSPS) is 24.5. The predicted molar refractivity (Wildman–Crippen MR) is 90.2 cm³/mol. The second kappa shape index (κ2) is 5.13. The Kier molecular flexibility index (Phi) is 3.17. The molecular formula is C19H18N4O. The van der Waals surface area contributed by atoms with E-state index in [-0.39, 0.29) is 23.0 Å². The van der Waals surface area contributed by atoms with E-state index in [1.165, 1.54) is 0 Å². The first-order valence-corrected chi connectivity index (χ1v) is 8.14. The molecule has 1 fully saturated rings. The van der Waals surface area contributed by atoms with Gasteiger partial charge in [-0.25, -0.2) is 4.99 Å². The van der Waals surface area contributed by atoms with Crippen LogP contribution >= 0.6 is 0 Å². The third-order valence-electron chi connectivity index (χ3n) is 4.97. The SMILES string of the molecule is CC1(C)CC(=O)C2C(=Nc3n[nH]c(C#N)c3C2c2ccccc2)C1. The van der Waals surface area contributed by atoms with Gasteiger partial charge in [0.05, 0.1) is 5.92 Å². The maximum atomic E-state index is 13.0. The van der Waals surface area contributed by atoms with Crippen LogP contribution in [0.1, 0.15) is 49.4 Å². The Morgan fingerprint density at radius 3 is 2.67 bits per heavy atom. The largest absolute Gasteiger partial charge is 0.299 e. The highest BCUT2D eigenvalue weighted by molar-refractivity contribution is 6.11. The van der Waals surface area contributed by atoms with Gasteiger partial charge in [0.1, 0.15) is 17.5 Å². The van der Waals surface area contributed by atoms with Crippen molar-refractivity contribution in [1.82, 2.24) is 10.2 Å². The quantitative estimate of drug-likeness (QED) is 0.873. The zero-order chi connectivity index (χ0) is 16.9.